The summed E-state index contributed by atoms with van der Waals surface area (Å²) < 4.78 is 18.4. The number of hydrogen-bond acceptors (Lipinski definition) is 5. The highest BCUT2D eigenvalue weighted by atomic mass is 19.1. The molecular weight excluding hydrogens is 263 g/mol. The van der Waals surface area contributed by atoms with Crippen molar-refractivity contribution in [3.05, 3.63) is 35.4 Å². The molecule has 0 unspecified atom stereocenters. The molecule has 0 spiro atoms. The SMILES string of the molecule is N#Cc1c(F)cccc1-c1nc(C(=O)NC2CC2)no1. The Morgan fingerprint density at radius 1 is 1.50 bits per heavy atom. The number of nitrogens with zero attached hydrogens (tertiary/aromatic N) is 3. The van der Waals surface area contributed by atoms with E-state index < -0.39 is 11.7 Å². The Kier molecular flexibility index (Phi) is 2.91. The first kappa shape index (κ1) is 12.3. The average Bonchev–Trinajstić information content (AvgIpc) is 3.11. The van der Waals surface area contributed by atoms with Crippen LogP contribution in [0.5, 0.6) is 0 Å². The van der Waals surface area contributed by atoms with Crippen LogP contribution in [0.4, 0.5) is 4.39 Å². The number of halogens is 1. The van der Waals surface area contributed by atoms with E-state index in [0.29, 0.717) is 0 Å². The molecule has 1 aromatic heterocycles. The number of hydrogen-bond donors (Lipinski definition) is 1. The van der Waals surface area contributed by atoms with Gasteiger partial charge < -0.3 is 9.84 Å². The summed E-state index contributed by atoms with van der Waals surface area (Å²) >= 11 is 0. The fourth-order valence-electron chi connectivity index (χ4n) is 1.72. The highest BCUT2D eigenvalue weighted by Gasteiger charge is 2.26. The van der Waals surface area contributed by atoms with Crippen LogP contribution in [0.1, 0.15) is 29.0 Å². The summed E-state index contributed by atoms with van der Waals surface area (Å²) in [4.78, 5) is 15.6. The fraction of sp³-hybridized carbons (Fsp3) is 0.231. The maximum absolute atomic E-state index is 13.5. The van der Waals surface area contributed by atoms with Crippen molar-refractivity contribution in [3.63, 3.8) is 0 Å². The minimum Gasteiger partial charge on any atom is -0.346 e. The first-order valence-electron chi connectivity index (χ1n) is 6.02. The molecule has 0 saturated heterocycles. The lowest BCUT2D eigenvalue weighted by atomic mass is 10.1. The van der Waals surface area contributed by atoms with Crippen LogP contribution in [0, 0.1) is 17.1 Å². The number of aromatic nitrogens is 2. The molecule has 1 aromatic carbocycles. The van der Waals surface area contributed by atoms with E-state index in [4.69, 9.17) is 9.78 Å². The lowest BCUT2D eigenvalue weighted by Crippen LogP contribution is -2.26. The number of carbonyl (C=O) groups is 1. The van der Waals surface area contributed by atoms with E-state index in [1.54, 1.807) is 6.07 Å². The van der Waals surface area contributed by atoms with Crippen molar-refractivity contribution in [1.29, 1.82) is 5.26 Å². The van der Waals surface area contributed by atoms with Crippen LogP contribution in [0.25, 0.3) is 11.5 Å². The van der Waals surface area contributed by atoms with Gasteiger partial charge in [-0.1, -0.05) is 11.2 Å². The summed E-state index contributed by atoms with van der Waals surface area (Å²) in [6, 6.07) is 5.99. The van der Waals surface area contributed by atoms with Gasteiger partial charge in [0.1, 0.15) is 17.4 Å². The van der Waals surface area contributed by atoms with Crippen LogP contribution in [0.2, 0.25) is 0 Å². The Hall–Kier alpha value is -2.75. The van der Waals surface area contributed by atoms with Crippen molar-refractivity contribution >= 4 is 5.91 Å². The van der Waals surface area contributed by atoms with Crippen molar-refractivity contribution < 1.29 is 13.7 Å². The standard InChI is InChI=1S/C13H9FN4O2/c14-10-3-1-2-8(9(10)6-15)13-17-11(18-20-13)12(19)16-7-4-5-7/h1-3,7H,4-5H2,(H,16,19). The molecule has 1 fully saturated rings. The van der Waals surface area contributed by atoms with Gasteiger partial charge in [-0.05, 0) is 25.0 Å². The number of amides is 1. The summed E-state index contributed by atoms with van der Waals surface area (Å²) in [5, 5.41) is 15.2. The molecule has 1 N–H and O–H groups in total. The van der Waals surface area contributed by atoms with Gasteiger partial charge in [0.05, 0.1) is 5.56 Å². The molecule has 6 nitrogen and oxygen atoms in total. The van der Waals surface area contributed by atoms with E-state index in [0.717, 1.165) is 12.8 Å². The molecule has 7 heteroatoms. The van der Waals surface area contributed by atoms with Crippen LogP contribution in [0.3, 0.4) is 0 Å². The van der Waals surface area contributed by atoms with Gasteiger partial charge in [-0.15, -0.1) is 0 Å². The highest BCUT2D eigenvalue weighted by Crippen LogP contribution is 2.24. The predicted octanol–water partition coefficient (Wildman–Crippen LogP) is 1.64. The van der Waals surface area contributed by atoms with Crippen LogP contribution < -0.4 is 5.32 Å². The molecule has 0 aliphatic heterocycles. The lowest BCUT2D eigenvalue weighted by Gasteiger charge is -1.98. The Bertz CT molecular complexity index is 715. The van der Waals surface area contributed by atoms with Crippen molar-refractivity contribution in [2.24, 2.45) is 0 Å². The number of benzene rings is 1. The van der Waals surface area contributed by atoms with Crippen LogP contribution in [-0.2, 0) is 0 Å². The van der Waals surface area contributed by atoms with Gasteiger partial charge in [0, 0.05) is 6.04 Å². The van der Waals surface area contributed by atoms with Crippen LogP contribution >= 0.6 is 0 Å². The van der Waals surface area contributed by atoms with E-state index >= 15 is 0 Å². The number of nitriles is 1. The summed E-state index contributed by atoms with van der Waals surface area (Å²) in [7, 11) is 0. The lowest BCUT2D eigenvalue weighted by molar-refractivity contribution is 0.0937. The second-order valence-corrected chi connectivity index (χ2v) is 4.45. The number of carbonyl (C=O) groups excluding carboxylic acids is 1. The second-order valence-electron chi connectivity index (χ2n) is 4.45. The van der Waals surface area contributed by atoms with Gasteiger partial charge in [0.2, 0.25) is 0 Å². The van der Waals surface area contributed by atoms with Crippen LogP contribution in [-0.4, -0.2) is 22.1 Å². The van der Waals surface area contributed by atoms with Gasteiger partial charge in [0.15, 0.2) is 0 Å². The van der Waals surface area contributed by atoms with Crippen molar-refractivity contribution in [3.8, 4) is 17.5 Å². The second kappa shape index (κ2) is 4.74. The molecule has 100 valence electrons. The van der Waals surface area contributed by atoms with Gasteiger partial charge in [-0.25, -0.2) is 4.39 Å². The van der Waals surface area contributed by atoms with E-state index in [9.17, 15) is 9.18 Å². The fourth-order valence-corrected chi connectivity index (χ4v) is 1.72. The molecule has 2 aromatic rings. The minimum atomic E-state index is -0.674. The highest BCUT2D eigenvalue weighted by molar-refractivity contribution is 5.91. The van der Waals surface area contributed by atoms with E-state index in [1.807, 2.05) is 0 Å². The Balaban J connectivity index is 1.92. The monoisotopic (exact) mass is 272 g/mol. The predicted molar refractivity (Wildman–Crippen MR) is 64.9 cm³/mol. The number of rotatable bonds is 3. The van der Waals surface area contributed by atoms with Gasteiger partial charge in [-0.3, -0.25) is 4.79 Å². The summed E-state index contributed by atoms with van der Waals surface area (Å²) in [6.07, 6.45) is 1.89. The first-order chi connectivity index (χ1) is 9.69. The average molecular weight is 272 g/mol. The quantitative estimate of drug-likeness (QED) is 0.916. The maximum atomic E-state index is 13.5. The third kappa shape index (κ3) is 2.23. The Morgan fingerprint density at radius 2 is 2.30 bits per heavy atom. The normalized spacial score (nSPS) is 13.8. The summed E-state index contributed by atoms with van der Waals surface area (Å²) in [5.41, 5.74) is -0.0178. The molecular formula is C13H9FN4O2. The molecule has 1 aliphatic rings. The largest absolute Gasteiger partial charge is 0.346 e. The van der Waals surface area contributed by atoms with Crippen molar-refractivity contribution in [1.82, 2.24) is 15.5 Å². The van der Waals surface area contributed by atoms with Gasteiger partial charge in [-0.2, -0.15) is 10.2 Å². The first-order valence-corrected chi connectivity index (χ1v) is 6.02. The zero-order chi connectivity index (χ0) is 14.1. The molecule has 1 aliphatic carbocycles. The van der Waals surface area contributed by atoms with Crippen molar-refractivity contribution in [2.45, 2.75) is 18.9 Å². The summed E-state index contributed by atoms with van der Waals surface area (Å²) in [5.74, 6) is -1.29. The molecule has 1 heterocycles. The van der Waals surface area contributed by atoms with Crippen molar-refractivity contribution in [2.75, 3.05) is 0 Å². The molecule has 1 saturated carbocycles. The molecule has 3 rings (SSSR count). The van der Waals surface area contributed by atoms with E-state index in [2.05, 4.69) is 15.5 Å². The number of nitrogens with one attached hydrogen (secondary N) is 1. The maximum Gasteiger partial charge on any atom is 0.292 e. The Labute approximate surface area is 113 Å². The molecule has 0 radical (unpaired) electrons. The van der Waals surface area contributed by atoms with E-state index in [1.165, 1.54) is 18.2 Å². The minimum absolute atomic E-state index is 0.0537. The molecule has 20 heavy (non-hydrogen) atoms. The zero-order valence-electron chi connectivity index (χ0n) is 10.3. The molecule has 0 bridgehead atoms. The third-order valence-electron chi connectivity index (χ3n) is 2.90. The summed E-state index contributed by atoms with van der Waals surface area (Å²) in [6.45, 7) is 0. The molecule has 0 atom stereocenters. The zero-order valence-corrected chi connectivity index (χ0v) is 10.3. The third-order valence-corrected chi connectivity index (χ3v) is 2.90. The molecule has 1 amide bonds. The van der Waals surface area contributed by atoms with E-state index in [-0.39, 0.29) is 28.9 Å². The topological polar surface area (TPSA) is 91.8 Å². The van der Waals surface area contributed by atoms with Gasteiger partial charge in [0.25, 0.3) is 17.6 Å². The smallest absolute Gasteiger partial charge is 0.292 e. The Morgan fingerprint density at radius 3 is 3.00 bits per heavy atom. The van der Waals surface area contributed by atoms with Crippen LogP contribution in [0.15, 0.2) is 22.7 Å². The van der Waals surface area contributed by atoms with Gasteiger partial charge >= 0.3 is 0 Å².